The van der Waals surface area contributed by atoms with Gasteiger partial charge in [-0.15, -0.1) is 12.4 Å². The van der Waals surface area contributed by atoms with Gasteiger partial charge in [0.05, 0.1) is 18.2 Å². The Bertz CT molecular complexity index is 1530. The number of nitrogens with two attached hydrogens (primary N) is 2. The number of nitrogens with one attached hydrogen (secondary N) is 1. The summed E-state index contributed by atoms with van der Waals surface area (Å²) in [5.41, 5.74) is 16.2. The SMILES string of the molecule is CCCCCCCCCCCCCCC[C@@H](O)C(C)N.CCCCCCCCCCCCc1ccc(C(=O)N2CCC[C@H]2C(=N)N)cc1.CCCCCCCCc1ccc(CCN2CCC(O)CC2)cc1.Cl. The standard InChI is InChI=1S/C24H39N3O.C21H35NO.C18H39NO.ClH/c1-2-3-4-5-6-7-8-9-10-11-13-20-15-17-21(18-16-20)24(28)27-19-12-14-22(27)23(25)26;1-2-3-4-5-6-7-8-19-9-11-20(12-10-19)13-16-22-17-14-21(23)15-18-22;1-3-4-5-6-7-8-9-10-11-12-13-14-15-16-18(20)17(2)19;/h15-18,22H,2-14,19H2,1H3,(H3,25,26);9-12,21,23H,2-8,13-18H2,1H3;17-18,20H,3-16,19H2,1-2H3;1H/t22-;;17?,18-;/m0.1./s1. The summed E-state index contributed by atoms with van der Waals surface area (Å²) in [6.07, 6.45) is 47.2. The van der Waals surface area contributed by atoms with Crippen LogP contribution in [-0.2, 0) is 19.3 Å². The molecular weight excluding hydrogens is 910 g/mol. The van der Waals surface area contributed by atoms with Gasteiger partial charge in [0.15, 0.2) is 0 Å². The fraction of sp³-hybridized carbons (Fsp3) is 0.778. The van der Waals surface area contributed by atoms with Gasteiger partial charge in [-0.1, -0.05) is 231 Å². The molecule has 0 spiro atoms. The minimum Gasteiger partial charge on any atom is -0.393 e. The normalized spacial score (nSPS) is 15.8. The third kappa shape index (κ3) is 34.2. The van der Waals surface area contributed by atoms with E-state index in [1.807, 2.05) is 19.1 Å². The van der Waals surface area contributed by atoms with E-state index in [1.165, 1.54) is 203 Å². The minimum atomic E-state index is -0.303. The Morgan fingerprint density at radius 2 is 0.931 bits per heavy atom. The summed E-state index contributed by atoms with van der Waals surface area (Å²) in [6, 6.07) is 17.0. The number of rotatable bonds is 38. The van der Waals surface area contributed by atoms with Crippen LogP contribution in [0, 0.1) is 5.41 Å². The second kappa shape index (κ2) is 45.9. The van der Waals surface area contributed by atoms with Crippen molar-refractivity contribution in [3.63, 3.8) is 0 Å². The summed E-state index contributed by atoms with van der Waals surface area (Å²) in [5, 5.41) is 26.8. The number of hydrogen-bond donors (Lipinski definition) is 5. The number of nitrogens with zero attached hydrogens (tertiary/aromatic N) is 2. The van der Waals surface area contributed by atoms with Gasteiger partial charge in [-0.05, 0) is 100.0 Å². The van der Waals surface area contributed by atoms with E-state index in [-0.39, 0.29) is 48.4 Å². The zero-order valence-electron chi connectivity index (χ0n) is 47.2. The highest BCUT2D eigenvalue weighted by molar-refractivity contribution is 5.98. The van der Waals surface area contributed by atoms with Crippen LogP contribution in [0.25, 0.3) is 0 Å². The smallest absolute Gasteiger partial charge is 0.254 e. The molecule has 0 bridgehead atoms. The highest BCUT2D eigenvalue weighted by Gasteiger charge is 2.31. The van der Waals surface area contributed by atoms with Crippen LogP contribution in [0.2, 0.25) is 0 Å². The number of amidine groups is 1. The number of unbranched alkanes of at least 4 members (excludes halogenated alkanes) is 26. The Morgan fingerprint density at radius 1 is 0.569 bits per heavy atom. The molecule has 0 aromatic heterocycles. The molecule has 9 heteroatoms. The van der Waals surface area contributed by atoms with Crippen molar-refractivity contribution in [2.75, 3.05) is 26.2 Å². The molecule has 416 valence electrons. The van der Waals surface area contributed by atoms with Crippen LogP contribution < -0.4 is 11.5 Å². The van der Waals surface area contributed by atoms with Crippen LogP contribution in [-0.4, -0.2) is 82.2 Å². The summed E-state index contributed by atoms with van der Waals surface area (Å²) in [5.74, 6) is 0.103. The van der Waals surface area contributed by atoms with E-state index in [0.717, 1.165) is 71.0 Å². The average Bonchev–Trinajstić information content (AvgIpc) is 3.88. The Hall–Kier alpha value is -2.49. The van der Waals surface area contributed by atoms with Crippen molar-refractivity contribution in [3.05, 3.63) is 70.8 Å². The first-order valence-corrected chi connectivity index (χ1v) is 30.2. The summed E-state index contributed by atoms with van der Waals surface area (Å²) < 4.78 is 0. The third-order valence-electron chi connectivity index (χ3n) is 15.2. The van der Waals surface area contributed by atoms with Gasteiger partial charge in [0.25, 0.3) is 5.91 Å². The number of aliphatic hydroxyl groups excluding tert-OH is 2. The topological polar surface area (TPSA) is 140 Å². The number of carbonyl (C=O) groups excluding carboxylic acids is 1. The lowest BCUT2D eigenvalue weighted by Gasteiger charge is -2.29. The second-order valence-corrected chi connectivity index (χ2v) is 21.9. The fourth-order valence-electron chi connectivity index (χ4n) is 10.2. The number of benzene rings is 2. The molecule has 1 amide bonds. The lowest BCUT2D eigenvalue weighted by molar-refractivity contribution is 0.0768. The highest BCUT2D eigenvalue weighted by Crippen LogP contribution is 2.22. The largest absolute Gasteiger partial charge is 0.393 e. The van der Waals surface area contributed by atoms with E-state index in [9.17, 15) is 15.0 Å². The molecule has 2 heterocycles. The fourth-order valence-corrected chi connectivity index (χ4v) is 10.2. The van der Waals surface area contributed by atoms with E-state index in [2.05, 4.69) is 62.1 Å². The Balaban J connectivity index is 0.000000545. The van der Waals surface area contributed by atoms with Gasteiger partial charge in [-0.3, -0.25) is 10.2 Å². The van der Waals surface area contributed by atoms with Crippen molar-refractivity contribution in [3.8, 4) is 0 Å². The third-order valence-corrected chi connectivity index (χ3v) is 15.2. The molecule has 7 N–H and O–H groups in total. The molecule has 2 aliphatic heterocycles. The maximum Gasteiger partial charge on any atom is 0.254 e. The monoisotopic (exact) mass is 1020 g/mol. The molecule has 0 aliphatic carbocycles. The number of likely N-dealkylation sites (tertiary alicyclic amines) is 2. The Morgan fingerprint density at radius 3 is 1.32 bits per heavy atom. The van der Waals surface area contributed by atoms with Crippen molar-refractivity contribution < 1.29 is 15.0 Å². The van der Waals surface area contributed by atoms with Gasteiger partial charge >= 0.3 is 0 Å². The number of halogens is 1. The van der Waals surface area contributed by atoms with Crippen LogP contribution in [0.1, 0.15) is 273 Å². The van der Waals surface area contributed by atoms with Crippen LogP contribution in [0.15, 0.2) is 48.5 Å². The van der Waals surface area contributed by atoms with Crippen LogP contribution in [0.5, 0.6) is 0 Å². The summed E-state index contributed by atoms with van der Waals surface area (Å²) in [7, 11) is 0. The summed E-state index contributed by atoms with van der Waals surface area (Å²) in [4.78, 5) is 16.9. The van der Waals surface area contributed by atoms with Crippen LogP contribution >= 0.6 is 12.4 Å². The van der Waals surface area contributed by atoms with Crippen LogP contribution in [0.3, 0.4) is 0 Å². The average molecular weight is 1030 g/mol. The molecule has 72 heavy (non-hydrogen) atoms. The highest BCUT2D eigenvalue weighted by atomic mass is 35.5. The van der Waals surface area contributed by atoms with Gasteiger partial charge in [0.1, 0.15) is 5.84 Å². The minimum absolute atomic E-state index is 0. The predicted molar refractivity (Wildman–Crippen MR) is 314 cm³/mol. The molecule has 2 aromatic rings. The molecule has 3 atom stereocenters. The number of aliphatic hydroxyl groups is 2. The number of hydrogen-bond acceptors (Lipinski definition) is 6. The molecule has 2 aromatic carbocycles. The number of piperidine rings is 1. The quantitative estimate of drug-likeness (QED) is 0.0258. The first-order chi connectivity index (χ1) is 34.6. The zero-order chi connectivity index (χ0) is 51.6. The first-order valence-electron chi connectivity index (χ1n) is 30.2. The number of aryl methyl sites for hydroxylation is 2. The van der Waals surface area contributed by atoms with Gasteiger partial charge in [0.2, 0.25) is 0 Å². The Labute approximate surface area is 450 Å². The molecular formula is C63H114ClN5O3. The molecule has 0 saturated carbocycles. The van der Waals surface area contributed by atoms with E-state index in [0.29, 0.717) is 12.1 Å². The molecule has 2 fully saturated rings. The number of amides is 1. The zero-order valence-corrected chi connectivity index (χ0v) is 48.0. The molecule has 1 unspecified atom stereocenters. The van der Waals surface area contributed by atoms with Crippen molar-refractivity contribution in [1.82, 2.24) is 9.80 Å². The molecule has 2 aliphatic rings. The van der Waals surface area contributed by atoms with Gasteiger partial charge in [-0.2, -0.15) is 0 Å². The lowest BCUT2D eigenvalue weighted by Crippen LogP contribution is -2.43. The van der Waals surface area contributed by atoms with E-state index in [1.54, 1.807) is 4.90 Å². The van der Waals surface area contributed by atoms with Gasteiger partial charge in [-0.25, -0.2) is 0 Å². The van der Waals surface area contributed by atoms with Crippen LogP contribution in [0.4, 0.5) is 0 Å². The van der Waals surface area contributed by atoms with Crippen molar-refractivity contribution >= 4 is 24.1 Å². The Kier molecular flexibility index (Phi) is 43.0. The van der Waals surface area contributed by atoms with E-state index >= 15 is 0 Å². The van der Waals surface area contributed by atoms with Crippen molar-refractivity contribution in [1.29, 1.82) is 5.41 Å². The van der Waals surface area contributed by atoms with Gasteiger partial charge < -0.3 is 31.5 Å². The van der Waals surface area contributed by atoms with Crippen molar-refractivity contribution in [2.45, 2.75) is 290 Å². The van der Waals surface area contributed by atoms with E-state index < -0.39 is 0 Å². The van der Waals surface area contributed by atoms with E-state index in [4.69, 9.17) is 16.9 Å². The van der Waals surface area contributed by atoms with Crippen molar-refractivity contribution in [2.24, 2.45) is 11.5 Å². The maximum atomic E-state index is 12.7. The molecule has 2 saturated heterocycles. The molecule has 0 radical (unpaired) electrons. The van der Waals surface area contributed by atoms with Gasteiger partial charge in [0, 0.05) is 37.8 Å². The lowest BCUT2D eigenvalue weighted by atomic mass is 10.0. The number of carbonyl (C=O) groups is 1. The molecule has 4 rings (SSSR count). The summed E-state index contributed by atoms with van der Waals surface area (Å²) >= 11 is 0. The summed E-state index contributed by atoms with van der Waals surface area (Å²) in [6.45, 7) is 12.6. The first kappa shape index (κ1) is 67.5. The second-order valence-electron chi connectivity index (χ2n) is 21.9. The molecule has 8 nitrogen and oxygen atoms in total. The predicted octanol–water partition coefficient (Wildman–Crippen LogP) is 15.9. The maximum absolute atomic E-state index is 12.7.